The predicted molar refractivity (Wildman–Crippen MR) is 89.7 cm³/mol. The lowest BCUT2D eigenvalue weighted by molar-refractivity contribution is 0.0255. The van der Waals surface area contributed by atoms with Crippen LogP contribution in [-0.4, -0.2) is 16.6 Å². The molecule has 0 N–H and O–H groups in total. The highest BCUT2D eigenvalue weighted by Crippen LogP contribution is 2.24. The van der Waals surface area contributed by atoms with E-state index in [-0.39, 0.29) is 6.10 Å². The smallest absolute Gasteiger partial charge is 0.0720 e. The first-order valence-electron chi connectivity index (χ1n) is 6.42. The van der Waals surface area contributed by atoms with E-state index < -0.39 is 0 Å². The van der Waals surface area contributed by atoms with E-state index in [0.29, 0.717) is 12.5 Å². The van der Waals surface area contributed by atoms with Gasteiger partial charge in [-0.05, 0) is 32.1 Å². The quantitative estimate of drug-likeness (QED) is 0.525. The van der Waals surface area contributed by atoms with Crippen LogP contribution in [0.1, 0.15) is 25.8 Å². The monoisotopic (exact) mass is 294 g/mol. The Kier molecular flexibility index (Phi) is 7.36. The highest BCUT2D eigenvalue weighted by atomic mass is 32.2. The van der Waals surface area contributed by atoms with Gasteiger partial charge in [-0.1, -0.05) is 54.7 Å². The Bertz CT molecular complexity index is 414. The van der Waals surface area contributed by atoms with E-state index in [1.165, 1.54) is 5.56 Å². The third kappa shape index (κ3) is 5.89. The van der Waals surface area contributed by atoms with Gasteiger partial charge in [-0.3, -0.25) is 0 Å². The summed E-state index contributed by atoms with van der Waals surface area (Å²) in [6.45, 7) is 8.86. The predicted octanol–water partition coefficient (Wildman–Crippen LogP) is 4.86. The van der Waals surface area contributed by atoms with Crippen molar-refractivity contribution in [2.24, 2.45) is 5.92 Å². The van der Waals surface area contributed by atoms with E-state index in [1.54, 1.807) is 11.8 Å². The second-order valence-electron chi connectivity index (χ2n) is 4.73. The molecule has 0 aliphatic heterocycles. The number of hydrogen-bond donors (Lipinski definition) is 0. The molecule has 0 radical (unpaired) electrons. The van der Waals surface area contributed by atoms with Gasteiger partial charge < -0.3 is 4.74 Å². The second kappa shape index (κ2) is 8.51. The van der Waals surface area contributed by atoms with Crippen molar-refractivity contribution in [3.05, 3.63) is 48.0 Å². The summed E-state index contributed by atoms with van der Waals surface area (Å²) >= 11 is 6.95. The van der Waals surface area contributed by atoms with E-state index in [4.69, 9.17) is 17.0 Å². The van der Waals surface area contributed by atoms with E-state index in [0.717, 1.165) is 16.2 Å². The van der Waals surface area contributed by atoms with Gasteiger partial charge in [0, 0.05) is 10.1 Å². The first-order chi connectivity index (χ1) is 9.04. The molecule has 19 heavy (non-hydrogen) atoms. The molecule has 0 aliphatic carbocycles. The summed E-state index contributed by atoms with van der Waals surface area (Å²) in [7, 11) is 0. The lowest BCUT2D eigenvalue weighted by Gasteiger charge is -2.24. The van der Waals surface area contributed by atoms with Crippen LogP contribution in [0.3, 0.4) is 0 Å². The summed E-state index contributed by atoms with van der Waals surface area (Å²) < 4.78 is 6.98. The Morgan fingerprint density at radius 3 is 2.53 bits per heavy atom. The van der Waals surface area contributed by atoms with Gasteiger partial charge in [0.05, 0.1) is 12.7 Å². The molecule has 1 unspecified atom stereocenters. The molecule has 1 nitrogen and oxygen atoms in total. The summed E-state index contributed by atoms with van der Waals surface area (Å²) in [5, 5.41) is 0. The molecular weight excluding hydrogens is 272 g/mol. The maximum absolute atomic E-state index is 5.97. The van der Waals surface area contributed by atoms with Crippen molar-refractivity contribution in [3.63, 3.8) is 0 Å². The van der Waals surface area contributed by atoms with Crippen LogP contribution < -0.4 is 0 Å². The Morgan fingerprint density at radius 1 is 1.37 bits per heavy atom. The van der Waals surface area contributed by atoms with Gasteiger partial charge in [-0.15, -0.1) is 11.8 Å². The van der Waals surface area contributed by atoms with E-state index in [1.807, 2.05) is 24.5 Å². The van der Waals surface area contributed by atoms with Gasteiger partial charge in [0.2, 0.25) is 0 Å². The lowest BCUT2D eigenvalue weighted by Crippen LogP contribution is -2.23. The van der Waals surface area contributed by atoms with Crippen LogP contribution in [0.15, 0.2) is 42.5 Å². The summed E-state index contributed by atoms with van der Waals surface area (Å²) in [4.78, 5) is 0. The molecule has 0 bridgehead atoms. The Labute approximate surface area is 126 Å². The van der Waals surface area contributed by atoms with Crippen molar-refractivity contribution in [2.75, 3.05) is 6.26 Å². The average Bonchev–Trinajstić information content (AvgIpc) is 2.42. The van der Waals surface area contributed by atoms with E-state index in [9.17, 15) is 0 Å². The molecule has 1 aromatic carbocycles. The zero-order valence-electron chi connectivity index (χ0n) is 11.9. The number of hydrogen-bond acceptors (Lipinski definition) is 3. The molecule has 0 spiro atoms. The third-order valence-electron chi connectivity index (χ3n) is 3.17. The lowest BCUT2D eigenvalue weighted by atomic mass is 9.93. The molecule has 0 amide bonds. The van der Waals surface area contributed by atoms with Crippen LogP contribution in [0.25, 0.3) is 0 Å². The average molecular weight is 294 g/mol. The van der Waals surface area contributed by atoms with Crippen LogP contribution in [0.2, 0.25) is 0 Å². The van der Waals surface area contributed by atoms with Crippen molar-refractivity contribution in [2.45, 2.75) is 33.0 Å². The molecule has 1 rings (SSSR count). The van der Waals surface area contributed by atoms with Crippen LogP contribution in [-0.2, 0) is 11.3 Å². The Morgan fingerprint density at radius 2 is 2.00 bits per heavy atom. The first kappa shape index (κ1) is 16.4. The summed E-state index contributed by atoms with van der Waals surface area (Å²) in [5.74, 6) is 0.295. The molecule has 0 heterocycles. The van der Waals surface area contributed by atoms with Crippen LogP contribution >= 0.6 is 24.0 Å². The summed E-state index contributed by atoms with van der Waals surface area (Å²) in [5.41, 5.74) is 2.33. The van der Waals surface area contributed by atoms with Gasteiger partial charge in [0.15, 0.2) is 0 Å². The van der Waals surface area contributed by atoms with Crippen molar-refractivity contribution in [3.8, 4) is 0 Å². The second-order valence-corrected chi connectivity index (χ2v) is 6.39. The number of ether oxygens (including phenoxy) is 1. The first-order valence-corrected chi connectivity index (χ1v) is 8.05. The minimum Gasteiger partial charge on any atom is -0.373 e. The largest absolute Gasteiger partial charge is 0.373 e. The number of benzene rings is 1. The Hall–Kier alpha value is -0.640. The molecule has 0 saturated heterocycles. The Balaban J connectivity index is 2.55. The van der Waals surface area contributed by atoms with Gasteiger partial charge in [-0.25, -0.2) is 0 Å². The van der Waals surface area contributed by atoms with Crippen molar-refractivity contribution < 1.29 is 4.74 Å². The molecule has 1 aromatic rings. The van der Waals surface area contributed by atoms with Crippen LogP contribution in [0, 0.1) is 5.92 Å². The van der Waals surface area contributed by atoms with Gasteiger partial charge in [-0.2, -0.15) is 0 Å². The zero-order chi connectivity index (χ0) is 14.3. The highest BCUT2D eigenvalue weighted by Gasteiger charge is 2.20. The van der Waals surface area contributed by atoms with E-state index in [2.05, 4.69) is 32.6 Å². The molecule has 2 atom stereocenters. The molecule has 3 heteroatoms. The summed E-state index contributed by atoms with van der Waals surface area (Å²) in [6, 6.07) is 10.2. The van der Waals surface area contributed by atoms with Gasteiger partial charge >= 0.3 is 0 Å². The molecule has 0 aliphatic rings. The van der Waals surface area contributed by atoms with Crippen molar-refractivity contribution >= 4 is 28.2 Å². The number of thiocarbonyl (C=S) groups is 1. The SMILES string of the molecule is C=C(C)C(CC(=S)SC)[C@H](C)OCc1ccccc1. The fraction of sp³-hybridized carbons (Fsp3) is 0.438. The van der Waals surface area contributed by atoms with Gasteiger partial charge in [0.1, 0.15) is 0 Å². The zero-order valence-corrected chi connectivity index (χ0v) is 13.5. The maximum Gasteiger partial charge on any atom is 0.0720 e. The van der Waals surface area contributed by atoms with Crippen LogP contribution in [0.4, 0.5) is 0 Å². The molecule has 104 valence electrons. The topological polar surface area (TPSA) is 9.23 Å². The maximum atomic E-state index is 5.97. The molecule has 0 fully saturated rings. The standard InChI is InChI=1S/C16H22OS2/c1-12(2)15(10-16(18)19-4)13(3)17-11-14-8-6-5-7-9-14/h5-9,13,15H,1,10-11H2,2-4H3/t13-,15?/m0/s1. The third-order valence-corrected chi connectivity index (χ3v) is 4.46. The van der Waals surface area contributed by atoms with Crippen molar-refractivity contribution in [1.29, 1.82) is 0 Å². The van der Waals surface area contributed by atoms with Crippen molar-refractivity contribution in [1.82, 2.24) is 0 Å². The molecule has 0 aromatic heterocycles. The number of thioether (sulfide) groups is 1. The van der Waals surface area contributed by atoms with Crippen LogP contribution in [0.5, 0.6) is 0 Å². The minimum absolute atomic E-state index is 0.128. The minimum atomic E-state index is 0.128. The fourth-order valence-corrected chi connectivity index (χ4v) is 2.45. The highest BCUT2D eigenvalue weighted by molar-refractivity contribution is 8.22. The van der Waals surface area contributed by atoms with E-state index >= 15 is 0 Å². The number of rotatable bonds is 7. The summed E-state index contributed by atoms with van der Waals surface area (Å²) in [6.07, 6.45) is 3.01. The molecular formula is C16H22OS2. The molecule has 0 saturated carbocycles. The fourth-order valence-electron chi connectivity index (χ4n) is 1.92. The van der Waals surface area contributed by atoms with Gasteiger partial charge in [0.25, 0.3) is 0 Å². The normalized spacial score (nSPS) is 13.8.